The summed E-state index contributed by atoms with van der Waals surface area (Å²) in [5.74, 6) is 2.01. The van der Waals surface area contributed by atoms with E-state index in [-0.39, 0.29) is 0 Å². The highest BCUT2D eigenvalue weighted by molar-refractivity contribution is 5.79. The first kappa shape index (κ1) is 20.7. The van der Waals surface area contributed by atoms with Gasteiger partial charge in [0.25, 0.3) is 0 Å². The summed E-state index contributed by atoms with van der Waals surface area (Å²) in [5, 5.41) is 6.75. The van der Waals surface area contributed by atoms with Crippen molar-refractivity contribution in [2.45, 2.75) is 77.9 Å². The van der Waals surface area contributed by atoms with E-state index in [1.807, 2.05) is 19.3 Å². The fourth-order valence-electron chi connectivity index (χ4n) is 3.33. The van der Waals surface area contributed by atoms with Crippen LogP contribution in [0.5, 0.6) is 0 Å². The molecule has 0 unspecified atom stereocenters. The third-order valence-electron chi connectivity index (χ3n) is 4.86. The Hall–Kier alpha value is -1.56. The van der Waals surface area contributed by atoms with Gasteiger partial charge >= 0.3 is 0 Å². The predicted octanol–water partition coefficient (Wildman–Crippen LogP) is 3.27. The molecule has 1 aromatic heterocycles. The smallest absolute Gasteiger partial charge is 0.191 e. The van der Waals surface area contributed by atoms with Crippen molar-refractivity contribution < 1.29 is 4.74 Å². The monoisotopic (exact) mass is 363 g/mol. The van der Waals surface area contributed by atoms with Crippen LogP contribution >= 0.6 is 0 Å². The van der Waals surface area contributed by atoms with Gasteiger partial charge in [0.1, 0.15) is 5.82 Å². The Bertz CT molecular complexity index is 508. The summed E-state index contributed by atoms with van der Waals surface area (Å²) in [6.45, 7) is 8.65. The molecule has 1 aliphatic rings. The molecule has 6 heteroatoms. The third-order valence-corrected chi connectivity index (χ3v) is 4.86. The van der Waals surface area contributed by atoms with Gasteiger partial charge in [-0.25, -0.2) is 4.98 Å². The molecular formula is C20H37N5O. The number of rotatable bonds is 11. The highest BCUT2D eigenvalue weighted by Gasteiger charge is 2.12. The van der Waals surface area contributed by atoms with Crippen LogP contribution in [0.1, 0.15) is 64.1 Å². The summed E-state index contributed by atoms with van der Waals surface area (Å²) < 4.78 is 8.17. The number of nitrogens with zero attached hydrogens (tertiary/aromatic N) is 3. The molecule has 148 valence electrons. The van der Waals surface area contributed by atoms with Gasteiger partial charge in [0, 0.05) is 45.2 Å². The van der Waals surface area contributed by atoms with Crippen LogP contribution < -0.4 is 10.6 Å². The number of unbranched alkanes of at least 4 members (excludes halogenated alkanes) is 1. The number of aryl methyl sites for hydroxylation is 2. The SMILES string of the molecule is CCNC(=NCCCOC1CCCCC1)NCCCCn1ccnc1C. The zero-order chi connectivity index (χ0) is 18.5. The molecule has 1 aliphatic carbocycles. The Morgan fingerprint density at radius 2 is 2.08 bits per heavy atom. The lowest BCUT2D eigenvalue weighted by atomic mass is 9.98. The van der Waals surface area contributed by atoms with Crippen molar-refractivity contribution in [2.24, 2.45) is 4.99 Å². The van der Waals surface area contributed by atoms with E-state index in [9.17, 15) is 0 Å². The van der Waals surface area contributed by atoms with Crippen LogP contribution in [-0.4, -0.2) is 47.9 Å². The molecule has 0 aliphatic heterocycles. The van der Waals surface area contributed by atoms with Crippen LogP contribution in [0.3, 0.4) is 0 Å². The fraction of sp³-hybridized carbons (Fsp3) is 0.800. The second-order valence-electron chi connectivity index (χ2n) is 7.05. The molecule has 0 amide bonds. The number of hydrogen-bond acceptors (Lipinski definition) is 3. The largest absolute Gasteiger partial charge is 0.378 e. The van der Waals surface area contributed by atoms with Crippen molar-refractivity contribution in [1.82, 2.24) is 20.2 Å². The quantitative estimate of drug-likeness (QED) is 0.360. The van der Waals surface area contributed by atoms with Gasteiger partial charge in [-0.1, -0.05) is 19.3 Å². The van der Waals surface area contributed by atoms with Crippen molar-refractivity contribution in [3.05, 3.63) is 18.2 Å². The normalized spacial score (nSPS) is 16.0. The van der Waals surface area contributed by atoms with E-state index in [0.29, 0.717) is 6.10 Å². The number of nitrogens with one attached hydrogen (secondary N) is 2. The Morgan fingerprint density at radius 3 is 2.81 bits per heavy atom. The van der Waals surface area contributed by atoms with Gasteiger partial charge < -0.3 is 19.9 Å². The first-order valence-electron chi connectivity index (χ1n) is 10.4. The van der Waals surface area contributed by atoms with E-state index in [1.165, 1.54) is 32.1 Å². The predicted molar refractivity (Wildman–Crippen MR) is 108 cm³/mol. The molecule has 1 fully saturated rings. The average Bonchev–Trinajstić information content (AvgIpc) is 3.07. The maximum absolute atomic E-state index is 5.97. The molecule has 0 aromatic carbocycles. The van der Waals surface area contributed by atoms with Gasteiger partial charge in [-0.05, 0) is 46.0 Å². The Kier molecular flexibility index (Phi) is 10.2. The average molecular weight is 364 g/mol. The molecule has 26 heavy (non-hydrogen) atoms. The fourth-order valence-corrected chi connectivity index (χ4v) is 3.33. The first-order chi connectivity index (χ1) is 12.8. The summed E-state index contributed by atoms with van der Waals surface area (Å²) in [7, 11) is 0. The summed E-state index contributed by atoms with van der Waals surface area (Å²) in [6.07, 6.45) is 14.2. The van der Waals surface area contributed by atoms with E-state index in [2.05, 4.69) is 32.1 Å². The molecule has 0 saturated heterocycles. The molecule has 1 heterocycles. The molecule has 0 spiro atoms. The second kappa shape index (κ2) is 12.7. The molecule has 1 aromatic rings. The number of guanidine groups is 1. The van der Waals surface area contributed by atoms with Gasteiger partial charge in [0.15, 0.2) is 5.96 Å². The van der Waals surface area contributed by atoms with Crippen LogP contribution in [0, 0.1) is 6.92 Å². The number of hydrogen-bond donors (Lipinski definition) is 2. The van der Waals surface area contributed by atoms with Crippen molar-refractivity contribution in [3.8, 4) is 0 Å². The Balaban J connectivity index is 1.54. The lowest BCUT2D eigenvalue weighted by molar-refractivity contribution is 0.0281. The molecular weight excluding hydrogens is 326 g/mol. The Morgan fingerprint density at radius 1 is 1.23 bits per heavy atom. The van der Waals surface area contributed by atoms with Gasteiger partial charge in [0.05, 0.1) is 6.10 Å². The first-order valence-corrected chi connectivity index (χ1v) is 10.4. The van der Waals surface area contributed by atoms with E-state index >= 15 is 0 Å². The van der Waals surface area contributed by atoms with Crippen LogP contribution in [-0.2, 0) is 11.3 Å². The number of ether oxygens (including phenoxy) is 1. The molecule has 0 atom stereocenters. The molecule has 6 nitrogen and oxygen atoms in total. The van der Waals surface area contributed by atoms with Crippen molar-refractivity contribution in [3.63, 3.8) is 0 Å². The molecule has 0 bridgehead atoms. The maximum Gasteiger partial charge on any atom is 0.191 e. The van der Waals surface area contributed by atoms with Crippen molar-refractivity contribution in [2.75, 3.05) is 26.2 Å². The van der Waals surface area contributed by atoms with Crippen molar-refractivity contribution in [1.29, 1.82) is 0 Å². The highest BCUT2D eigenvalue weighted by Crippen LogP contribution is 2.20. The number of aliphatic imine (C=N–C) groups is 1. The number of aromatic nitrogens is 2. The maximum atomic E-state index is 5.97. The van der Waals surface area contributed by atoms with Gasteiger partial charge in [-0.2, -0.15) is 0 Å². The summed E-state index contributed by atoms with van der Waals surface area (Å²) >= 11 is 0. The van der Waals surface area contributed by atoms with Gasteiger partial charge in [-0.3, -0.25) is 4.99 Å². The lowest BCUT2D eigenvalue weighted by Gasteiger charge is -2.21. The highest BCUT2D eigenvalue weighted by atomic mass is 16.5. The van der Waals surface area contributed by atoms with E-state index in [4.69, 9.17) is 4.74 Å². The lowest BCUT2D eigenvalue weighted by Crippen LogP contribution is -2.38. The second-order valence-corrected chi connectivity index (χ2v) is 7.05. The van der Waals surface area contributed by atoms with Gasteiger partial charge in [0.2, 0.25) is 0 Å². The minimum Gasteiger partial charge on any atom is -0.378 e. The van der Waals surface area contributed by atoms with E-state index < -0.39 is 0 Å². The summed E-state index contributed by atoms with van der Waals surface area (Å²) in [4.78, 5) is 8.91. The topological polar surface area (TPSA) is 63.5 Å². The third kappa shape index (κ3) is 8.21. The van der Waals surface area contributed by atoms with Crippen LogP contribution in [0.25, 0.3) is 0 Å². The zero-order valence-electron chi connectivity index (χ0n) is 16.7. The standard InChI is InChI=1S/C20H37N5O/c1-3-21-20(23-12-7-8-15-25-16-14-22-18(25)2)24-13-9-17-26-19-10-5-4-6-11-19/h14,16,19H,3-13,15,17H2,1-2H3,(H2,21,23,24). The van der Waals surface area contributed by atoms with Crippen LogP contribution in [0.15, 0.2) is 17.4 Å². The molecule has 2 rings (SSSR count). The minimum absolute atomic E-state index is 0.498. The van der Waals surface area contributed by atoms with Crippen molar-refractivity contribution >= 4 is 5.96 Å². The Labute approximate surface area is 158 Å². The zero-order valence-corrected chi connectivity index (χ0v) is 16.7. The molecule has 0 radical (unpaired) electrons. The molecule has 2 N–H and O–H groups in total. The number of imidazole rings is 1. The van der Waals surface area contributed by atoms with Crippen LogP contribution in [0.4, 0.5) is 0 Å². The van der Waals surface area contributed by atoms with E-state index in [1.54, 1.807) is 0 Å². The van der Waals surface area contributed by atoms with E-state index in [0.717, 1.165) is 63.8 Å². The summed E-state index contributed by atoms with van der Waals surface area (Å²) in [5.41, 5.74) is 0. The minimum atomic E-state index is 0.498. The van der Waals surface area contributed by atoms with Crippen LogP contribution in [0.2, 0.25) is 0 Å². The summed E-state index contributed by atoms with van der Waals surface area (Å²) in [6, 6.07) is 0. The molecule has 1 saturated carbocycles. The van der Waals surface area contributed by atoms with Gasteiger partial charge in [-0.15, -0.1) is 0 Å².